The van der Waals surface area contributed by atoms with E-state index < -0.39 is 0 Å². The van der Waals surface area contributed by atoms with Gasteiger partial charge in [0.2, 0.25) is 0 Å². The lowest BCUT2D eigenvalue weighted by Gasteiger charge is -2.32. The molecule has 25 heavy (non-hydrogen) atoms. The van der Waals surface area contributed by atoms with Crippen molar-refractivity contribution in [2.45, 2.75) is 71.1 Å². The summed E-state index contributed by atoms with van der Waals surface area (Å²) >= 11 is 1.89. The van der Waals surface area contributed by atoms with Crippen LogP contribution in [-0.4, -0.2) is 5.11 Å². The molecule has 2 unspecified atom stereocenters. The molecule has 0 aliphatic heterocycles. The Labute approximate surface area is 157 Å². The Hall–Kier alpha value is -1.28. The molecule has 0 fully saturated rings. The third-order valence-electron chi connectivity index (χ3n) is 5.92. The molecule has 0 spiro atoms. The second kappa shape index (κ2) is 9.43. The third-order valence-corrected chi connectivity index (χ3v) is 6.86. The summed E-state index contributed by atoms with van der Waals surface area (Å²) in [7, 11) is 0. The van der Waals surface area contributed by atoms with E-state index in [1.165, 1.54) is 73.8 Å². The molecule has 0 radical (unpaired) electrons. The Morgan fingerprint density at radius 2 is 2.00 bits per heavy atom. The minimum absolute atomic E-state index is 0.511. The summed E-state index contributed by atoms with van der Waals surface area (Å²) in [6.07, 6.45) is 12.8. The lowest BCUT2D eigenvalue weighted by molar-refractivity contribution is 0.253. The number of aryl methyl sites for hydroxylation is 1. The average Bonchev–Trinajstić information content (AvgIpc) is 3.14. The van der Waals surface area contributed by atoms with Crippen molar-refractivity contribution < 1.29 is 5.11 Å². The van der Waals surface area contributed by atoms with E-state index in [0.717, 1.165) is 18.3 Å². The summed E-state index contributed by atoms with van der Waals surface area (Å²) < 4.78 is 0. The first-order valence-electron chi connectivity index (χ1n) is 10.1. The normalized spacial score (nSPS) is 18.0. The van der Waals surface area contributed by atoms with Gasteiger partial charge in [0, 0.05) is 4.88 Å². The molecule has 0 bridgehead atoms. The van der Waals surface area contributed by atoms with Crippen molar-refractivity contribution in [2.24, 2.45) is 11.8 Å². The van der Waals surface area contributed by atoms with Gasteiger partial charge in [-0.15, -0.1) is 11.3 Å². The highest BCUT2D eigenvalue weighted by atomic mass is 32.1. The van der Waals surface area contributed by atoms with Crippen LogP contribution in [0, 0.1) is 11.8 Å². The predicted molar refractivity (Wildman–Crippen MR) is 109 cm³/mol. The van der Waals surface area contributed by atoms with E-state index in [1.807, 2.05) is 23.5 Å². The highest BCUT2D eigenvalue weighted by molar-refractivity contribution is 7.09. The van der Waals surface area contributed by atoms with Crippen LogP contribution in [0.5, 0.6) is 5.75 Å². The fourth-order valence-electron chi connectivity index (χ4n) is 4.46. The van der Waals surface area contributed by atoms with E-state index >= 15 is 0 Å². The van der Waals surface area contributed by atoms with Gasteiger partial charge < -0.3 is 5.11 Å². The monoisotopic (exact) mass is 356 g/mol. The van der Waals surface area contributed by atoms with Gasteiger partial charge >= 0.3 is 0 Å². The van der Waals surface area contributed by atoms with Crippen LogP contribution in [0.15, 0.2) is 35.7 Å². The van der Waals surface area contributed by atoms with Crippen LogP contribution in [0.25, 0.3) is 0 Å². The molecule has 0 amide bonds. The molecule has 2 atom stereocenters. The number of phenols is 1. The lowest BCUT2D eigenvalue weighted by atomic mass is 9.73. The van der Waals surface area contributed by atoms with Gasteiger partial charge in [-0.2, -0.15) is 0 Å². The first-order valence-corrected chi connectivity index (χ1v) is 11.0. The second-order valence-electron chi connectivity index (χ2n) is 7.65. The number of unbranched alkanes of at least 4 members (excludes halogenated alkanes) is 2. The molecule has 2 heteroatoms. The molecule has 3 rings (SSSR count). The van der Waals surface area contributed by atoms with E-state index in [9.17, 15) is 5.11 Å². The Morgan fingerprint density at radius 1 is 1.12 bits per heavy atom. The van der Waals surface area contributed by atoms with Crippen molar-refractivity contribution in [1.82, 2.24) is 0 Å². The summed E-state index contributed by atoms with van der Waals surface area (Å²) in [5.74, 6) is 2.18. The van der Waals surface area contributed by atoms with Crippen LogP contribution in [0.2, 0.25) is 0 Å². The quantitative estimate of drug-likeness (QED) is 0.491. The first-order chi connectivity index (χ1) is 12.3. The van der Waals surface area contributed by atoms with Crippen LogP contribution in [0.1, 0.15) is 67.9 Å². The van der Waals surface area contributed by atoms with Gasteiger partial charge in [0.25, 0.3) is 0 Å². The molecule has 1 heterocycles. The van der Waals surface area contributed by atoms with Crippen molar-refractivity contribution in [1.29, 1.82) is 0 Å². The molecule has 1 aromatic heterocycles. The minimum atomic E-state index is 0.511. The van der Waals surface area contributed by atoms with Crippen LogP contribution in [-0.2, 0) is 19.3 Å². The second-order valence-corrected chi connectivity index (χ2v) is 8.68. The standard InChI is InChI=1S/C23H32OS/c1-2-3-8-18(9-4-5-11-21-12-7-16-25-21)19-14-15-22-20(17-19)10-6-13-23(22)24/h6-7,10,12-13,16,18-19,24H,2-5,8-9,11,14-15,17H2,1H3. The van der Waals surface area contributed by atoms with E-state index in [2.05, 4.69) is 30.5 Å². The highest BCUT2D eigenvalue weighted by Crippen LogP contribution is 2.38. The summed E-state index contributed by atoms with van der Waals surface area (Å²) in [6, 6.07) is 10.5. The fraction of sp³-hybridized carbons (Fsp3) is 0.565. The molecule has 1 nitrogen and oxygen atoms in total. The fourth-order valence-corrected chi connectivity index (χ4v) is 5.21. The topological polar surface area (TPSA) is 20.2 Å². The molecule has 1 N–H and O–H groups in total. The minimum Gasteiger partial charge on any atom is -0.508 e. The van der Waals surface area contributed by atoms with Gasteiger partial charge in [-0.25, -0.2) is 0 Å². The predicted octanol–water partition coefficient (Wildman–Crippen LogP) is 6.78. The maximum atomic E-state index is 10.1. The van der Waals surface area contributed by atoms with E-state index in [0.29, 0.717) is 5.75 Å². The Bertz CT molecular complexity index is 632. The number of fused-ring (bicyclic) bond motifs is 1. The van der Waals surface area contributed by atoms with Gasteiger partial charge in [-0.05, 0) is 72.6 Å². The number of phenolic OH excluding ortho intramolecular Hbond substituents is 1. The number of rotatable bonds is 9. The van der Waals surface area contributed by atoms with E-state index in [1.54, 1.807) is 0 Å². The summed E-state index contributed by atoms with van der Waals surface area (Å²) in [6.45, 7) is 2.31. The molecule has 136 valence electrons. The zero-order valence-corrected chi connectivity index (χ0v) is 16.4. The van der Waals surface area contributed by atoms with Crippen LogP contribution < -0.4 is 0 Å². The number of aromatic hydroxyl groups is 1. The van der Waals surface area contributed by atoms with Gasteiger partial charge in [-0.1, -0.05) is 57.2 Å². The van der Waals surface area contributed by atoms with Crippen molar-refractivity contribution in [3.63, 3.8) is 0 Å². The Morgan fingerprint density at radius 3 is 2.80 bits per heavy atom. The highest BCUT2D eigenvalue weighted by Gasteiger charge is 2.26. The lowest BCUT2D eigenvalue weighted by Crippen LogP contribution is -2.23. The van der Waals surface area contributed by atoms with Gasteiger partial charge in [-0.3, -0.25) is 0 Å². The van der Waals surface area contributed by atoms with Crippen molar-refractivity contribution in [3.05, 3.63) is 51.7 Å². The average molecular weight is 357 g/mol. The van der Waals surface area contributed by atoms with Gasteiger partial charge in [0.1, 0.15) is 5.75 Å². The smallest absolute Gasteiger partial charge is 0.119 e. The van der Waals surface area contributed by atoms with Crippen LogP contribution in [0.3, 0.4) is 0 Å². The maximum absolute atomic E-state index is 10.1. The van der Waals surface area contributed by atoms with Crippen LogP contribution in [0.4, 0.5) is 0 Å². The van der Waals surface area contributed by atoms with E-state index in [-0.39, 0.29) is 0 Å². The van der Waals surface area contributed by atoms with Gasteiger partial charge in [0.05, 0.1) is 0 Å². The van der Waals surface area contributed by atoms with Gasteiger partial charge in [0.15, 0.2) is 0 Å². The number of benzene rings is 1. The maximum Gasteiger partial charge on any atom is 0.119 e. The molecular formula is C23H32OS. The summed E-state index contributed by atoms with van der Waals surface area (Å²) in [5.41, 5.74) is 2.61. The molecule has 1 aliphatic carbocycles. The molecule has 0 saturated carbocycles. The molecule has 1 aromatic carbocycles. The summed E-state index contributed by atoms with van der Waals surface area (Å²) in [5, 5.41) is 12.3. The van der Waals surface area contributed by atoms with Crippen molar-refractivity contribution in [3.8, 4) is 5.75 Å². The SMILES string of the molecule is CCCCC(CCCCc1cccs1)C1CCc2c(O)cccc2C1. The summed E-state index contributed by atoms with van der Waals surface area (Å²) in [4.78, 5) is 1.53. The van der Waals surface area contributed by atoms with E-state index in [4.69, 9.17) is 0 Å². The van der Waals surface area contributed by atoms with Crippen molar-refractivity contribution in [2.75, 3.05) is 0 Å². The first kappa shape index (κ1) is 18.5. The molecule has 2 aromatic rings. The van der Waals surface area contributed by atoms with Crippen molar-refractivity contribution >= 4 is 11.3 Å². The largest absolute Gasteiger partial charge is 0.508 e. The third kappa shape index (κ3) is 5.10. The molecular weight excluding hydrogens is 324 g/mol. The Balaban J connectivity index is 1.54. The molecule has 1 aliphatic rings. The molecule has 0 saturated heterocycles. The zero-order chi connectivity index (χ0) is 17.5. The van der Waals surface area contributed by atoms with Crippen LogP contribution >= 0.6 is 11.3 Å². The number of hydrogen-bond donors (Lipinski definition) is 1. The Kier molecular flexibility index (Phi) is 6.98. The number of thiophene rings is 1. The number of hydrogen-bond acceptors (Lipinski definition) is 2. The zero-order valence-electron chi connectivity index (χ0n) is 15.5.